The second-order valence-electron chi connectivity index (χ2n) is 4.40. The van der Waals surface area contributed by atoms with E-state index in [0.717, 1.165) is 26.1 Å². The molecule has 7 heteroatoms. The number of aromatic nitrogens is 2. The van der Waals surface area contributed by atoms with E-state index in [1.54, 1.807) is 14.0 Å². The van der Waals surface area contributed by atoms with Gasteiger partial charge in [0.05, 0.1) is 4.92 Å². The van der Waals surface area contributed by atoms with Gasteiger partial charge in [-0.25, -0.2) is 4.68 Å². The third-order valence-electron chi connectivity index (χ3n) is 3.09. The van der Waals surface area contributed by atoms with Gasteiger partial charge in [-0.15, -0.1) is 0 Å². The van der Waals surface area contributed by atoms with Gasteiger partial charge >= 0.3 is 5.69 Å². The summed E-state index contributed by atoms with van der Waals surface area (Å²) in [5.74, 6) is 1.03. The Bertz CT molecular complexity index is 423. The van der Waals surface area contributed by atoms with Crippen LogP contribution in [0.4, 0.5) is 11.5 Å². The van der Waals surface area contributed by atoms with E-state index in [9.17, 15) is 10.1 Å². The second kappa shape index (κ2) is 4.70. The molecule has 0 aliphatic carbocycles. The van der Waals surface area contributed by atoms with Crippen molar-refractivity contribution >= 4 is 11.5 Å². The van der Waals surface area contributed by atoms with Crippen molar-refractivity contribution < 1.29 is 4.92 Å². The van der Waals surface area contributed by atoms with E-state index < -0.39 is 0 Å². The highest BCUT2D eigenvalue weighted by Gasteiger charge is 2.24. The lowest BCUT2D eigenvalue weighted by Gasteiger charge is -2.10. The molecular formula is C10H17N5O2. The quantitative estimate of drug-likeness (QED) is 0.595. The van der Waals surface area contributed by atoms with Crippen molar-refractivity contribution in [3.05, 3.63) is 15.8 Å². The number of aryl methyl sites for hydroxylation is 2. The molecule has 0 bridgehead atoms. The summed E-state index contributed by atoms with van der Waals surface area (Å²) >= 11 is 0. The molecule has 2 N–H and O–H groups in total. The van der Waals surface area contributed by atoms with Crippen LogP contribution in [0.25, 0.3) is 0 Å². The first kappa shape index (κ1) is 11.8. The molecule has 1 atom stereocenters. The van der Waals surface area contributed by atoms with Crippen molar-refractivity contribution in [1.82, 2.24) is 15.1 Å². The van der Waals surface area contributed by atoms with Crippen molar-refractivity contribution in [3.63, 3.8) is 0 Å². The third-order valence-corrected chi connectivity index (χ3v) is 3.09. The Labute approximate surface area is 99.3 Å². The van der Waals surface area contributed by atoms with Crippen LogP contribution < -0.4 is 10.6 Å². The SMILES string of the molecule is Cc1nn(C)c(NCC2CCNC2)c1[N+](=O)[O-]. The number of hydrogen-bond donors (Lipinski definition) is 2. The van der Waals surface area contributed by atoms with Crippen molar-refractivity contribution in [2.45, 2.75) is 13.3 Å². The van der Waals surface area contributed by atoms with Crippen LogP contribution in [-0.2, 0) is 7.05 Å². The van der Waals surface area contributed by atoms with Gasteiger partial charge in [-0.05, 0) is 32.4 Å². The van der Waals surface area contributed by atoms with E-state index in [4.69, 9.17) is 0 Å². The second-order valence-corrected chi connectivity index (χ2v) is 4.40. The van der Waals surface area contributed by atoms with Gasteiger partial charge in [0.2, 0.25) is 5.82 Å². The molecule has 94 valence electrons. The predicted molar refractivity (Wildman–Crippen MR) is 64.1 cm³/mol. The van der Waals surface area contributed by atoms with Gasteiger partial charge < -0.3 is 10.6 Å². The summed E-state index contributed by atoms with van der Waals surface area (Å²) < 4.78 is 1.54. The Kier molecular flexibility index (Phi) is 3.28. The zero-order valence-corrected chi connectivity index (χ0v) is 10.1. The van der Waals surface area contributed by atoms with Gasteiger partial charge in [-0.3, -0.25) is 10.1 Å². The lowest BCUT2D eigenvalue weighted by molar-refractivity contribution is -0.384. The summed E-state index contributed by atoms with van der Waals surface area (Å²) in [5.41, 5.74) is 0.531. The van der Waals surface area contributed by atoms with Gasteiger partial charge in [0, 0.05) is 13.6 Å². The van der Waals surface area contributed by atoms with Crippen LogP contribution in [0.1, 0.15) is 12.1 Å². The first-order chi connectivity index (χ1) is 8.09. The van der Waals surface area contributed by atoms with E-state index in [0.29, 0.717) is 17.4 Å². The molecule has 2 heterocycles. The normalized spacial score (nSPS) is 19.5. The maximum absolute atomic E-state index is 11.0. The van der Waals surface area contributed by atoms with Gasteiger partial charge in [0.15, 0.2) is 0 Å². The summed E-state index contributed by atoms with van der Waals surface area (Å²) in [5, 5.41) is 21.4. The number of hydrogen-bond acceptors (Lipinski definition) is 5. The van der Waals surface area contributed by atoms with Crippen molar-refractivity contribution in [2.24, 2.45) is 13.0 Å². The molecule has 1 unspecified atom stereocenters. The fourth-order valence-electron chi connectivity index (χ4n) is 2.19. The molecule has 2 rings (SSSR count). The molecule has 7 nitrogen and oxygen atoms in total. The first-order valence-corrected chi connectivity index (χ1v) is 5.72. The summed E-state index contributed by atoms with van der Waals surface area (Å²) in [4.78, 5) is 10.6. The number of anilines is 1. The molecule has 0 amide bonds. The Morgan fingerprint density at radius 2 is 2.47 bits per heavy atom. The molecule has 0 saturated carbocycles. The van der Waals surface area contributed by atoms with E-state index in [1.165, 1.54) is 4.68 Å². The summed E-state index contributed by atoms with van der Waals surface area (Å²) in [6.45, 7) is 4.39. The maximum Gasteiger partial charge on any atom is 0.333 e. The van der Waals surface area contributed by atoms with E-state index in [1.807, 2.05) is 0 Å². The van der Waals surface area contributed by atoms with Gasteiger partial charge in [-0.1, -0.05) is 0 Å². The fourth-order valence-corrected chi connectivity index (χ4v) is 2.19. The highest BCUT2D eigenvalue weighted by Crippen LogP contribution is 2.27. The van der Waals surface area contributed by atoms with Crippen LogP contribution in [0.15, 0.2) is 0 Å². The molecule has 0 radical (unpaired) electrons. The topological polar surface area (TPSA) is 85.0 Å². The molecule has 1 aromatic heterocycles. The zero-order chi connectivity index (χ0) is 12.4. The van der Waals surface area contributed by atoms with Gasteiger partial charge in [0.25, 0.3) is 0 Å². The van der Waals surface area contributed by atoms with Gasteiger partial charge in [0.1, 0.15) is 5.69 Å². The van der Waals surface area contributed by atoms with Crippen LogP contribution in [0, 0.1) is 23.0 Å². The van der Waals surface area contributed by atoms with Crippen LogP contribution in [0.3, 0.4) is 0 Å². The fraction of sp³-hybridized carbons (Fsp3) is 0.700. The van der Waals surface area contributed by atoms with E-state index in [2.05, 4.69) is 15.7 Å². The number of nitrogens with one attached hydrogen (secondary N) is 2. The van der Waals surface area contributed by atoms with E-state index >= 15 is 0 Å². The lowest BCUT2D eigenvalue weighted by atomic mass is 10.1. The third kappa shape index (κ3) is 2.38. The molecule has 1 fully saturated rings. The number of rotatable bonds is 4. The Morgan fingerprint density at radius 3 is 3.06 bits per heavy atom. The van der Waals surface area contributed by atoms with Crippen molar-refractivity contribution in [2.75, 3.05) is 25.0 Å². The summed E-state index contributed by atoms with van der Waals surface area (Å²) in [6, 6.07) is 0. The Hall–Kier alpha value is -1.63. The summed E-state index contributed by atoms with van der Waals surface area (Å²) in [7, 11) is 1.72. The molecule has 17 heavy (non-hydrogen) atoms. The maximum atomic E-state index is 11.0. The average Bonchev–Trinajstić information content (AvgIpc) is 2.83. The Balaban J connectivity index is 2.11. The van der Waals surface area contributed by atoms with Gasteiger partial charge in [-0.2, -0.15) is 5.10 Å². The molecule has 1 saturated heterocycles. The highest BCUT2D eigenvalue weighted by molar-refractivity contribution is 5.59. The minimum atomic E-state index is -0.377. The summed E-state index contributed by atoms with van der Waals surface area (Å²) in [6.07, 6.45) is 1.11. The smallest absolute Gasteiger partial charge is 0.333 e. The van der Waals surface area contributed by atoms with Crippen LogP contribution in [0.5, 0.6) is 0 Å². The molecule has 1 aliphatic heterocycles. The van der Waals surface area contributed by atoms with Crippen LogP contribution in [0.2, 0.25) is 0 Å². The standard InChI is InChI=1S/C10H17N5O2/c1-7-9(15(16)17)10(14(2)13-7)12-6-8-3-4-11-5-8/h8,11-12H,3-6H2,1-2H3. The average molecular weight is 239 g/mol. The molecule has 1 aromatic rings. The zero-order valence-electron chi connectivity index (χ0n) is 10.1. The van der Waals surface area contributed by atoms with Crippen molar-refractivity contribution in [1.29, 1.82) is 0 Å². The lowest BCUT2D eigenvalue weighted by Crippen LogP contribution is -2.18. The Morgan fingerprint density at radius 1 is 1.71 bits per heavy atom. The largest absolute Gasteiger partial charge is 0.364 e. The minimum Gasteiger partial charge on any atom is -0.364 e. The highest BCUT2D eigenvalue weighted by atomic mass is 16.6. The van der Waals surface area contributed by atoms with E-state index in [-0.39, 0.29) is 10.6 Å². The molecule has 0 aromatic carbocycles. The predicted octanol–water partition coefficient (Wildman–Crippen LogP) is 0.658. The molecule has 0 spiro atoms. The van der Waals surface area contributed by atoms with Crippen LogP contribution >= 0.6 is 0 Å². The van der Waals surface area contributed by atoms with Crippen LogP contribution in [-0.4, -0.2) is 34.3 Å². The molecule has 1 aliphatic rings. The number of nitro groups is 1. The minimum absolute atomic E-state index is 0.0819. The monoisotopic (exact) mass is 239 g/mol. The first-order valence-electron chi connectivity index (χ1n) is 5.72. The van der Waals surface area contributed by atoms with Crippen molar-refractivity contribution in [3.8, 4) is 0 Å². The number of nitrogens with zero attached hydrogens (tertiary/aromatic N) is 3. The molecular weight excluding hydrogens is 222 g/mol.